The SMILES string of the molecule is CCCCCCCC(=O)O[C@@H](COC(=O)CCCCCCCCCCCCCCCCC(C)C)COC(=O)CCCCCCCCCCC(C)C. The number of hydrogen-bond acceptors (Lipinski definition) is 6. The lowest BCUT2D eigenvalue weighted by Crippen LogP contribution is -2.30. The Morgan fingerprint density at radius 1 is 0.373 bits per heavy atom. The normalized spacial score (nSPS) is 12.1. The van der Waals surface area contributed by atoms with E-state index in [2.05, 4.69) is 34.6 Å². The first-order chi connectivity index (χ1) is 24.7. The number of esters is 3. The standard InChI is InChI=1S/C45H86O6/c1-6-7-8-23-32-37-45(48)51-42(39-50-44(47)36-31-27-22-18-17-20-25-29-34-41(4)5)38-49-43(46)35-30-26-21-16-14-12-10-9-11-13-15-19-24-28-33-40(2)3/h40-42H,6-39H2,1-5H3/t42-/m0/s1. The Hall–Kier alpha value is -1.59. The Kier molecular flexibility index (Phi) is 37.0. The highest BCUT2D eigenvalue weighted by Crippen LogP contribution is 2.16. The van der Waals surface area contributed by atoms with Crippen molar-refractivity contribution >= 4 is 17.9 Å². The van der Waals surface area contributed by atoms with Crippen LogP contribution in [-0.2, 0) is 28.6 Å². The molecule has 0 bridgehead atoms. The van der Waals surface area contributed by atoms with Gasteiger partial charge in [0.1, 0.15) is 13.2 Å². The maximum Gasteiger partial charge on any atom is 0.306 e. The molecule has 0 aliphatic rings. The van der Waals surface area contributed by atoms with Crippen molar-refractivity contribution in [3.05, 3.63) is 0 Å². The third kappa shape index (κ3) is 39.5. The van der Waals surface area contributed by atoms with Crippen molar-refractivity contribution in [3.63, 3.8) is 0 Å². The number of unbranched alkanes of at least 4 members (excludes halogenated alkanes) is 24. The third-order valence-electron chi connectivity index (χ3n) is 9.97. The average molecular weight is 723 g/mol. The van der Waals surface area contributed by atoms with E-state index < -0.39 is 6.10 Å². The smallest absolute Gasteiger partial charge is 0.306 e. The Bertz CT molecular complexity index is 779. The van der Waals surface area contributed by atoms with Crippen molar-refractivity contribution in [3.8, 4) is 0 Å². The summed E-state index contributed by atoms with van der Waals surface area (Å²) < 4.78 is 16.6. The highest BCUT2D eigenvalue weighted by atomic mass is 16.6. The van der Waals surface area contributed by atoms with Gasteiger partial charge in [0, 0.05) is 19.3 Å². The molecule has 0 spiro atoms. The molecule has 0 aromatic heterocycles. The van der Waals surface area contributed by atoms with Crippen LogP contribution in [0.2, 0.25) is 0 Å². The molecule has 0 saturated carbocycles. The van der Waals surface area contributed by atoms with Crippen LogP contribution in [0.15, 0.2) is 0 Å². The summed E-state index contributed by atoms with van der Waals surface area (Å²) in [5, 5.41) is 0. The van der Waals surface area contributed by atoms with Gasteiger partial charge in [0.15, 0.2) is 6.10 Å². The first-order valence-electron chi connectivity index (χ1n) is 22.2. The van der Waals surface area contributed by atoms with E-state index in [0.717, 1.165) is 76.0 Å². The van der Waals surface area contributed by atoms with Crippen molar-refractivity contribution in [2.24, 2.45) is 11.8 Å². The maximum atomic E-state index is 12.5. The minimum absolute atomic E-state index is 0.0665. The molecule has 6 heteroatoms. The second kappa shape index (κ2) is 38.1. The van der Waals surface area contributed by atoms with E-state index in [9.17, 15) is 14.4 Å². The van der Waals surface area contributed by atoms with E-state index in [1.54, 1.807) is 0 Å². The molecule has 0 radical (unpaired) electrons. The van der Waals surface area contributed by atoms with Crippen molar-refractivity contribution in [2.45, 2.75) is 246 Å². The van der Waals surface area contributed by atoms with Gasteiger partial charge in [0.05, 0.1) is 0 Å². The molecule has 0 N–H and O–H groups in total. The highest BCUT2D eigenvalue weighted by Gasteiger charge is 2.19. The molecule has 51 heavy (non-hydrogen) atoms. The summed E-state index contributed by atoms with van der Waals surface area (Å²) in [6, 6.07) is 0. The largest absolute Gasteiger partial charge is 0.462 e. The van der Waals surface area contributed by atoms with Crippen LogP contribution in [0.5, 0.6) is 0 Å². The summed E-state index contributed by atoms with van der Waals surface area (Å²) in [4.78, 5) is 37.4. The molecule has 1 atom stereocenters. The van der Waals surface area contributed by atoms with E-state index in [1.807, 2.05) is 0 Å². The zero-order valence-electron chi connectivity index (χ0n) is 34.7. The van der Waals surface area contributed by atoms with Gasteiger partial charge in [-0.05, 0) is 31.1 Å². The number of hydrogen-bond donors (Lipinski definition) is 0. The molecule has 0 aliphatic carbocycles. The van der Waals surface area contributed by atoms with Crippen molar-refractivity contribution in [2.75, 3.05) is 13.2 Å². The highest BCUT2D eigenvalue weighted by molar-refractivity contribution is 5.71. The zero-order valence-corrected chi connectivity index (χ0v) is 34.7. The van der Waals surface area contributed by atoms with Crippen molar-refractivity contribution in [1.29, 1.82) is 0 Å². The van der Waals surface area contributed by atoms with Crippen LogP contribution in [0.3, 0.4) is 0 Å². The molecule has 6 nitrogen and oxygen atoms in total. The summed E-state index contributed by atoms with van der Waals surface area (Å²) in [6.07, 6.45) is 35.5. The van der Waals surface area contributed by atoms with Gasteiger partial charge < -0.3 is 14.2 Å². The number of rotatable bonds is 39. The summed E-state index contributed by atoms with van der Waals surface area (Å²) in [5.74, 6) is 0.767. The van der Waals surface area contributed by atoms with E-state index in [0.29, 0.717) is 19.3 Å². The monoisotopic (exact) mass is 723 g/mol. The zero-order chi connectivity index (χ0) is 37.6. The molecular formula is C45H86O6. The van der Waals surface area contributed by atoms with Gasteiger partial charge in [-0.2, -0.15) is 0 Å². The van der Waals surface area contributed by atoms with Gasteiger partial charge in [-0.1, -0.05) is 202 Å². The lowest BCUT2D eigenvalue weighted by molar-refractivity contribution is -0.167. The minimum atomic E-state index is -0.758. The summed E-state index contributed by atoms with van der Waals surface area (Å²) in [6.45, 7) is 11.2. The van der Waals surface area contributed by atoms with E-state index in [4.69, 9.17) is 14.2 Å². The molecule has 0 aromatic carbocycles. The van der Waals surface area contributed by atoms with Gasteiger partial charge in [0.25, 0.3) is 0 Å². The second-order valence-electron chi connectivity index (χ2n) is 16.3. The fraction of sp³-hybridized carbons (Fsp3) is 0.933. The third-order valence-corrected chi connectivity index (χ3v) is 9.97. The van der Waals surface area contributed by atoms with Crippen LogP contribution in [0.4, 0.5) is 0 Å². The van der Waals surface area contributed by atoms with Gasteiger partial charge in [-0.3, -0.25) is 14.4 Å². The summed E-state index contributed by atoms with van der Waals surface area (Å²) >= 11 is 0. The molecule has 0 amide bonds. The Labute approximate surface area is 317 Å². The first-order valence-corrected chi connectivity index (χ1v) is 22.2. The maximum absolute atomic E-state index is 12.5. The molecule has 0 heterocycles. The lowest BCUT2D eigenvalue weighted by Gasteiger charge is -2.18. The number of carbonyl (C=O) groups is 3. The molecule has 0 saturated heterocycles. The Morgan fingerprint density at radius 2 is 0.647 bits per heavy atom. The van der Waals surface area contributed by atoms with Gasteiger partial charge >= 0.3 is 17.9 Å². The summed E-state index contributed by atoms with van der Waals surface area (Å²) in [7, 11) is 0. The topological polar surface area (TPSA) is 78.9 Å². The van der Waals surface area contributed by atoms with Crippen LogP contribution < -0.4 is 0 Å². The fourth-order valence-electron chi connectivity index (χ4n) is 6.58. The lowest BCUT2D eigenvalue weighted by atomic mass is 10.0. The van der Waals surface area contributed by atoms with Crippen LogP contribution in [0.25, 0.3) is 0 Å². The van der Waals surface area contributed by atoms with Crippen LogP contribution >= 0.6 is 0 Å². The van der Waals surface area contributed by atoms with Crippen LogP contribution in [0.1, 0.15) is 240 Å². The van der Waals surface area contributed by atoms with Gasteiger partial charge in [-0.15, -0.1) is 0 Å². The predicted octanol–water partition coefficient (Wildman–Crippen LogP) is 13.8. The Morgan fingerprint density at radius 3 is 0.961 bits per heavy atom. The Balaban J connectivity index is 4.12. The molecule has 0 aliphatic heterocycles. The van der Waals surface area contributed by atoms with E-state index >= 15 is 0 Å². The number of carbonyl (C=O) groups excluding carboxylic acids is 3. The van der Waals surface area contributed by atoms with Crippen molar-refractivity contribution in [1.82, 2.24) is 0 Å². The van der Waals surface area contributed by atoms with Crippen LogP contribution in [-0.4, -0.2) is 37.2 Å². The predicted molar refractivity (Wildman–Crippen MR) is 215 cm³/mol. The molecule has 0 unspecified atom stereocenters. The summed E-state index contributed by atoms with van der Waals surface area (Å²) in [5.41, 5.74) is 0. The minimum Gasteiger partial charge on any atom is -0.462 e. The van der Waals surface area contributed by atoms with E-state index in [1.165, 1.54) is 122 Å². The fourth-order valence-corrected chi connectivity index (χ4v) is 6.58. The van der Waals surface area contributed by atoms with Gasteiger partial charge in [0.2, 0.25) is 0 Å². The van der Waals surface area contributed by atoms with Crippen molar-refractivity contribution < 1.29 is 28.6 Å². The quantitative estimate of drug-likeness (QED) is 0.0357. The second-order valence-corrected chi connectivity index (χ2v) is 16.3. The molecule has 0 fully saturated rings. The van der Waals surface area contributed by atoms with E-state index in [-0.39, 0.29) is 31.1 Å². The first kappa shape index (κ1) is 49.4. The molecule has 0 rings (SSSR count). The molecule has 302 valence electrons. The average Bonchev–Trinajstić information content (AvgIpc) is 3.09. The number of ether oxygens (including phenoxy) is 3. The molecular weight excluding hydrogens is 636 g/mol. The van der Waals surface area contributed by atoms with Gasteiger partial charge in [-0.25, -0.2) is 0 Å². The van der Waals surface area contributed by atoms with Crippen LogP contribution in [0, 0.1) is 11.8 Å². The molecule has 0 aromatic rings.